The van der Waals surface area contributed by atoms with Gasteiger partial charge in [-0.3, -0.25) is 0 Å². The number of nitriles is 1. The molecule has 2 aromatic carbocycles. The number of benzene rings is 2. The van der Waals surface area contributed by atoms with Crippen molar-refractivity contribution >= 4 is 5.82 Å². The van der Waals surface area contributed by atoms with E-state index in [1.807, 2.05) is 18.2 Å². The molecule has 0 aliphatic carbocycles. The molecule has 0 saturated carbocycles. The van der Waals surface area contributed by atoms with Gasteiger partial charge in [-0.2, -0.15) is 5.26 Å². The Bertz CT molecular complexity index is 968. The minimum Gasteiger partial charge on any atom is -0.352 e. The Labute approximate surface area is 153 Å². The third kappa shape index (κ3) is 2.84. The first kappa shape index (κ1) is 16.3. The molecule has 0 bridgehead atoms. The number of nitrogens with zero attached hydrogens (tertiary/aromatic N) is 5. The monoisotopic (exact) mass is 343 g/mol. The summed E-state index contributed by atoms with van der Waals surface area (Å²) in [6.45, 7) is 5.88. The molecule has 5 nitrogen and oxygen atoms in total. The number of aromatic nitrogens is 3. The fraction of sp³-hybridized carbons (Fsp3) is 0.286. The summed E-state index contributed by atoms with van der Waals surface area (Å²) in [6.07, 6.45) is 1.06. The van der Waals surface area contributed by atoms with Crippen molar-refractivity contribution in [2.75, 3.05) is 18.0 Å². The van der Waals surface area contributed by atoms with Gasteiger partial charge in [0.1, 0.15) is 6.07 Å². The van der Waals surface area contributed by atoms with Crippen LogP contribution in [0.25, 0.3) is 5.69 Å². The van der Waals surface area contributed by atoms with Gasteiger partial charge in [0.2, 0.25) is 5.69 Å². The first-order chi connectivity index (χ1) is 12.7. The van der Waals surface area contributed by atoms with Gasteiger partial charge < -0.3 is 4.90 Å². The second-order valence-electron chi connectivity index (χ2n) is 6.83. The SMILES string of the molecule is Cc1cccc(-n2nc(C#N)c(N3CC[C@H](c4ccccc4)C3)n2)c1C. The molecule has 0 amide bonds. The van der Waals surface area contributed by atoms with Crippen LogP contribution >= 0.6 is 0 Å². The van der Waals surface area contributed by atoms with Gasteiger partial charge in [0.15, 0.2) is 5.82 Å². The average Bonchev–Trinajstić information content (AvgIpc) is 3.31. The van der Waals surface area contributed by atoms with Crippen LogP contribution in [0, 0.1) is 25.2 Å². The van der Waals surface area contributed by atoms with E-state index in [4.69, 9.17) is 0 Å². The highest BCUT2D eigenvalue weighted by Gasteiger charge is 2.28. The molecule has 5 heteroatoms. The summed E-state index contributed by atoms with van der Waals surface area (Å²) < 4.78 is 0. The Balaban J connectivity index is 1.65. The molecule has 3 aromatic rings. The molecular formula is C21H21N5. The Morgan fingerprint density at radius 1 is 1.04 bits per heavy atom. The summed E-state index contributed by atoms with van der Waals surface area (Å²) >= 11 is 0. The normalized spacial score (nSPS) is 16.7. The van der Waals surface area contributed by atoms with Crippen LogP contribution in [0.1, 0.15) is 34.7 Å². The molecule has 1 aliphatic heterocycles. The Hall–Kier alpha value is -3.13. The number of anilines is 1. The van der Waals surface area contributed by atoms with Crippen LogP contribution < -0.4 is 4.90 Å². The lowest BCUT2D eigenvalue weighted by atomic mass is 9.99. The van der Waals surface area contributed by atoms with Gasteiger partial charge in [0.25, 0.3) is 0 Å². The van der Waals surface area contributed by atoms with Crippen molar-refractivity contribution in [1.29, 1.82) is 5.26 Å². The highest BCUT2D eigenvalue weighted by molar-refractivity contribution is 5.53. The molecule has 0 radical (unpaired) electrons. The van der Waals surface area contributed by atoms with Crippen LogP contribution in [-0.2, 0) is 0 Å². The number of rotatable bonds is 3. The molecule has 130 valence electrons. The van der Waals surface area contributed by atoms with Gasteiger partial charge in [0.05, 0.1) is 5.69 Å². The number of hydrogen-bond donors (Lipinski definition) is 0. The van der Waals surface area contributed by atoms with Gasteiger partial charge in [-0.1, -0.05) is 42.5 Å². The lowest BCUT2D eigenvalue weighted by molar-refractivity contribution is 0.736. The number of hydrogen-bond acceptors (Lipinski definition) is 4. The first-order valence-electron chi connectivity index (χ1n) is 8.91. The topological polar surface area (TPSA) is 57.7 Å². The molecule has 1 aromatic heterocycles. The van der Waals surface area contributed by atoms with E-state index < -0.39 is 0 Å². The zero-order valence-corrected chi connectivity index (χ0v) is 15.1. The fourth-order valence-corrected chi connectivity index (χ4v) is 3.59. The smallest absolute Gasteiger partial charge is 0.207 e. The van der Waals surface area contributed by atoms with Crippen LogP contribution in [0.5, 0.6) is 0 Å². The minimum absolute atomic E-state index is 0.389. The summed E-state index contributed by atoms with van der Waals surface area (Å²) in [5, 5.41) is 18.7. The van der Waals surface area contributed by atoms with E-state index in [9.17, 15) is 5.26 Å². The number of aryl methyl sites for hydroxylation is 1. The quantitative estimate of drug-likeness (QED) is 0.727. The van der Waals surface area contributed by atoms with Crippen LogP contribution in [0.3, 0.4) is 0 Å². The molecule has 26 heavy (non-hydrogen) atoms. The van der Waals surface area contributed by atoms with Crippen molar-refractivity contribution in [1.82, 2.24) is 15.0 Å². The van der Waals surface area contributed by atoms with Crippen molar-refractivity contribution in [3.8, 4) is 11.8 Å². The van der Waals surface area contributed by atoms with Crippen molar-refractivity contribution in [2.24, 2.45) is 0 Å². The van der Waals surface area contributed by atoms with Gasteiger partial charge in [0, 0.05) is 19.0 Å². The minimum atomic E-state index is 0.389. The molecule has 0 spiro atoms. The lowest BCUT2D eigenvalue weighted by Gasteiger charge is -2.15. The third-order valence-electron chi connectivity index (χ3n) is 5.25. The van der Waals surface area contributed by atoms with E-state index in [1.165, 1.54) is 11.1 Å². The molecule has 0 unspecified atom stereocenters. The molecule has 1 saturated heterocycles. The van der Waals surface area contributed by atoms with Gasteiger partial charge in [-0.15, -0.1) is 15.0 Å². The summed E-state index contributed by atoms with van der Waals surface area (Å²) in [5.41, 5.74) is 4.97. The maximum Gasteiger partial charge on any atom is 0.207 e. The van der Waals surface area contributed by atoms with Crippen LogP contribution in [0.2, 0.25) is 0 Å². The Morgan fingerprint density at radius 2 is 1.85 bits per heavy atom. The largest absolute Gasteiger partial charge is 0.352 e. The lowest BCUT2D eigenvalue weighted by Crippen LogP contribution is -2.21. The molecule has 4 rings (SSSR count). The molecular weight excluding hydrogens is 322 g/mol. The van der Waals surface area contributed by atoms with Gasteiger partial charge in [-0.25, -0.2) is 0 Å². The highest BCUT2D eigenvalue weighted by Crippen LogP contribution is 2.31. The zero-order valence-electron chi connectivity index (χ0n) is 15.1. The summed E-state index contributed by atoms with van der Waals surface area (Å²) in [7, 11) is 0. The van der Waals surface area contributed by atoms with Crippen molar-refractivity contribution in [2.45, 2.75) is 26.2 Å². The van der Waals surface area contributed by atoms with E-state index in [2.05, 4.69) is 65.3 Å². The maximum absolute atomic E-state index is 9.55. The third-order valence-corrected chi connectivity index (χ3v) is 5.25. The van der Waals surface area contributed by atoms with E-state index >= 15 is 0 Å². The average molecular weight is 343 g/mol. The molecule has 0 N–H and O–H groups in total. The first-order valence-corrected chi connectivity index (χ1v) is 8.91. The van der Waals surface area contributed by atoms with Crippen molar-refractivity contribution < 1.29 is 0 Å². The van der Waals surface area contributed by atoms with Crippen molar-refractivity contribution in [3.05, 3.63) is 70.9 Å². The summed E-state index contributed by atoms with van der Waals surface area (Å²) in [6, 6.07) is 18.8. The maximum atomic E-state index is 9.55. The van der Waals surface area contributed by atoms with E-state index in [-0.39, 0.29) is 0 Å². The summed E-state index contributed by atoms with van der Waals surface area (Å²) in [5.74, 6) is 1.15. The predicted molar refractivity (Wildman–Crippen MR) is 102 cm³/mol. The van der Waals surface area contributed by atoms with E-state index in [0.29, 0.717) is 17.4 Å². The van der Waals surface area contributed by atoms with Crippen LogP contribution in [0.15, 0.2) is 48.5 Å². The molecule has 1 fully saturated rings. The Morgan fingerprint density at radius 3 is 2.62 bits per heavy atom. The molecule has 1 aliphatic rings. The second kappa shape index (κ2) is 6.64. The van der Waals surface area contributed by atoms with Gasteiger partial charge in [-0.05, 0) is 43.0 Å². The second-order valence-corrected chi connectivity index (χ2v) is 6.83. The summed E-state index contributed by atoms with van der Waals surface area (Å²) in [4.78, 5) is 3.79. The molecule has 2 heterocycles. The van der Waals surface area contributed by atoms with Crippen LogP contribution in [0.4, 0.5) is 5.82 Å². The standard InChI is InChI=1S/C21H21N5/c1-15-7-6-10-20(16(15)2)26-23-19(13-22)21(24-26)25-12-11-18(14-25)17-8-4-3-5-9-17/h3-10,18H,11-12,14H2,1-2H3/t18-/m0/s1. The predicted octanol–water partition coefficient (Wildman–Crippen LogP) is 3.75. The zero-order chi connectivity index (χ0) is 18.1. The van der Waals surface area contributed by atoms with E-state index in [0.717, 1.165) is 30.8 Å². The van der Waals surface area contributed by atoms with Crippen molar-refractivity contribution in [3.63, 3.8) is 0 Å². The van der Waals surface area contributed by atoms with Crippen LogP contribution in [-0.4, -0.2) is 28.1 Å². The highest BCUT2D eigenvalue weighted by atomic mass is 15.5. The van der Waals surface area contributed by atoms with E-state index in [1.54, 1.807) is 4.80 Å². The fourth-order valence-electron chi connectivity index (χ4n) is 3.59. The molecule has 1 atom stereocenters. The Kier molecular flexibility index (Phi) is 4.18. The van der Waals surface area contributed by atoms with Gasteiger partial charge >= 0.3 is 0 Å².